The SMILES string of the molecule is CCOc1ccc(Oc2cc(CNC(=O)C=Cc3cnn(-c4ccccc4)c3)ccn2)cc1. The van der Waals surface area contributed by atoms with Crippen LogP contribution >= 0.6 is 0 Å². The largest absolute Gasteiger partial charge is 0.494 e. The number of amides is 1. The third-order valence-corrected chi connectivity index (χ3v) is 4.67. The highest BCUT2D eigenvalue weighted by Crippen LogP contribution is 2.23. The highest BCUT2D eigenvalue weighted by Gasteiger charge is 2.04. The average Bonchev–Trinajstić information content (AvgIpc) is 3.33. The molecule has 2 aromatic heterocycles. The fraction of sp³-hybridized carbons (Fsp3) is 0.115. The predicted molar refractivity (Wildman–Crippen MR) is 126 cm³/mol. The lowest BCUT2D eigenvalue weighted by molar-refractivity contribution is -0.116. The van der Waals surface area contributed by atoms with Crippen molar-refractivity contribution in [2.75, 3.05) is 6.61 Å². The number of nitrogens with zero attached hydrogens (tertiary/aromatic N) is 3. The summed E-state index contributed by atoms with van der Waals surface area (Å²) in [6.07, 6.45) is 8.45. The van der Waals surface area contributed by atoms with Gasteiger partial charge in [0, 0.05) is 36.6 Å². The van der Waals surface area contributed by atoms with Gasteiger partial charge in [0.1, 0.15) is 11.5 Å². The number of pyridine rings is 1. The monoisotopic (exact) mass is 440 g/mol. The molecule has 0 saturated heterocycles. The summed E-state index contributed by atoms with van der Waals surface area (Å²) in [6.45, 7) is 2.91. The molecule has 33 heavy (non-hydrogen) atoms. The molecule has 4 aromatic rings. The molecule has 1 amide bonds. The van der Waals surface area contributed by atoms with Gasteiger partial charge in [0.15, 0.2) is 0 Å². The first-order chi connectivity index (χ1) is 16.2. The first-order valence-corrected chi connectivity index (χ1v) is 10.6. The molecule has 0 aliphatic heterocycles. The highest BCUT2D eigenvalue weighted by molar-refractivity contribution is 5.91. The molecule has 0 saturated carbocycles. The number of nitrogens with one attached hydrogen (secondary N) is 1. The van der Waals surface area contributed by atoms with Crippen LogP contribution in [0.5, 0.6) is 17.4 Å². The van der Waals surface area contributed by atoms with Crippen molar-refractivity contribution in [3.05, 3.63) is 103 Å². The molecule has 0 bridgehead atoms. The van der Waals surface area contributed by atoms with E-state index in [4.69, 9.17) is 9.47 Å². The van der Waals surface area contributed by atoms with Gasteiger partial charge in [-0.15, -0.1) is 0 Å². The molecule has 7 nitrogen and oxygen atoms in total. The van der Waals surface area contributed by atoms with E-state index in [1.807, 2.05) is 73.8 Å². The average molecular weight is 441 g/mol. The van der Waals surface area contributed by atoms with E-state index in [-0.39, 0.29) is 5.91 Å². The van der Waals surface area contributed by atoms with E-state index >= 15 is 0 Å². The van der Waals surface area contributed by atoms with Crippen LogP contribution in [0.4, 0.5) is 0 Å². The van der Waals surface area contributed by atoms with E-state index in [2.05, 4.69) is 15.4 Å². The van der Waals surface area contributed by atoms with Crippen LogP contribution in [0.1, 0.15) is 18.1 Å². The second kappa shape index (κ2) is 10.8. The maximum atomic E-state index is 12.2. The molecule has 0 aliphatic rings. The normalized spacial score (nSPS) is 10.8. The van der Waals surface area contributed by atoms with Crippen LogP contribution in [0.25, 0.3) is 11.8 Å². The van der Waals surface area contributed by atoms with Crippen LogP contribution in [0, 0.1) is 0 Å². The molecule has 0 spiro atoms. The van der Waals surface area contributed by atoms with Crippen molar-refractivity contribution in [2.24, 2.45) is 0 Å². The number of hydrogen-bond donors (Lipinski definition) is 1. The van der Waals surface area contributed by atoms with E-state index in [0.717, 1.165) is 22.6 Å². The molecule has 0 atom stereocenters. The van der Waals surface area contributed by atoms with E-state index in [1.165, 1.54) is 6.08 Å². The standard InChI is InChI=1S/C26H24N4O3/c1-2-32-23-9-11-24(12-10-23)33-26-16-20(14-15-27-26)17-28-25(31)13-8-21-18-29-30(19-21)22-6-4-3-5-7-22/h3-16,18-19H,2,17H2,1H3,(H,28,31). The molecule has 7 heteroatoms. The molecule has 0 unspecified atom stereocenters. The number of para-hydroxylation sites is 1. The summed E-state index contributed by atoms with van der Waals surface area (Å²) in [4.78, 5) is 16.5. The zero-order chi connectivity index (χ0) is 22.9. The second-order valence-electron chi connectivity index (χ2n) is 7.11. The van der Waals surface area contributed by atoms with Gasteiger partial charge in [0.2, 0.25) is 11.8 Å². The van der Waals surface area contributed by atoms with Crippen molar-refractivity contribution in [2.45, 2.75) is 13.5 Å². The fourth-order valence-corrected chi connectivity index (χ4v) is 3.07. The molecule has 1 N–H and O–H groups in total. The third-order valence-electron chi connectivity index (χ3n) is 4.67. The lowest BCUT2D eigenvalue weighted by Gasteiger charge is -2.08. The Hall–Kier alpha value is -4.39. The van der Waals surface area contributed by atoms with Crippen molar-refractivity contribution in [1.29, 1.82) is 0 Å². The minimum Gasteiger partial charge on any atom is -0.494 e. The predicted octanol–water partition coefficient (Wildman–Crippen LogP) is 4.79. The number of rotatable bonds is 9. The van der Waals surface area contributed by atoms with Crippen molar-refractivity contribution >= 4 is 12.0 Å². The Labute approximate surface area is 192 Å². The van der Waals surface area contributed by atoms with Crippen LogP contribution < -0.4 is 14.8 Å². The lowest BCUT2D eigenvalue weighted by atomic mass is 10.2. The lowest BCUT2D eigenvalue weighted by Crippen LogP contribution is -2.20. The van der Waals surface area contributed by atoms with E-state index < -0.39 is 0 Å². The Morgan fingerprint density at radius 3 is 2.64 bits per heavy atom. The molecule has 0 aliphatic carbocycles. The molecule has 2 heterocycles. The topological polar surface area (TPSA) is 78.3 Å². The second-order valence-corrected chi connectivity index (χ2v) is 7.11. The summed E-state index contributed by atoms with van der Waals surface area (Å²) in [5, 5.41) is 7.19. The number of benzene rings is 2. The van der Waals surface area contributed by atoms with Gasteiger partial charge < -0.3 is 14.8 Å². The maximum absolute atomic E-state index is 12.2. The van der Waals surface area contributed by atoms with Gasteiger partial charge in [0.25, 0.3) is 0 Å². The summed E-state index contributed by atoms with van der Waals surface area (Å²) in [7, 11) is 0. The molecular weight excluding hydrogens is 416 g/mol. The van der Waals surface area contributed by atoms with E-state index in [0.29, 0.717) is 24.8 Å². The van der Waals surface area contributed by atoms with Crippen molar-refractivity contribution < 1.29 is 14.3 Å². The number of carbonyl (C=O) groups excluding carboxylic acids is 1. The summed E-state index contributed by atoms with van der Waals surface area (Å²) < 4.78 is 13.0. The van der Waals surface area contributed by atoms with Crippen molar-refractivity contribution in [1.82, 2.24) is 20.1 Å². The smallest absolute Gasteiger partial charge is 0.244 e. The maximum Gasteiger partial charge on any atom is 0.244 e. The van der Waals surface area contributed by atoms with E-state index in [9.17, 15) is 4.79 Å². The van der Waals surface area contributed by atoms with Gasteiger partial charge in [0.05, 0.1) is 18.5 Å². The quantitative estimate of drug-likeness (QED) is 0.379. The van der Waals surface area contributed by atoms with Gasteiger partial charge in [-0.05, 0) is 61.0 Å². The van der Waals surface area contributed by atoms with E-state index in [1.54, 1.807) is 29.2 Å². The zero-order valence-electron chi connectivity index (χ0n) is 18.2. The number of carbonyl (C=O) groups is 1. The van der Waals surface area contributed by atoms with Crippen LogP contribution in [-0.2, 0) is 11.3 Å². The molecule has 2 aromatic carbocycles. The van der Waals surface area contributed by atoms with Gasteiger partial charge in [-0.3, -0.25) is 4.79 Å². The summed E-state index contributed by atoms with van der Waals surface area (Å²) >= 11 is 0. The van der Waals surface area contributed by atoms with Gasteiger partial charge in [-0.2, -0.15) is 5.10 Å². The Bertz CT molecular complexity index is 1220. The Balaban J connectivity index is 1.30. The number of ether oxygens (including phenoxy) is 2. The highest BCUT2D eigenvalue weighted by atomic mass is 16.5. The Morgan fingerprint density at radius 2 is 1.85 bits per heavy atom. The summed E-state index contributed by atoms with van der Waals surface area (Å²) in [5.41, 5.74) is 2.68. The Morgan fingerprint density at radius 1 is 1.06 bits per heavy atom. The molecule has 0 fully saturated rings. The van der Waals surface area contributed by atoms with Crippen molar-refractivity contribution in [3.8, 4) is 23.1 Å². The van der Waals surface area contributed by atoms with Crippen LogP contribution in [0.2, 0.25) is 0 Å². The van der Waals surface area contributed by atoms with Crippen LogP contribution in [0.3, 0.4) is 0 Å². The van der Waals surface area contributed by atoms with Gasteiger partial charge in [-0.1, -0.05) is 18.2 Å². The number of hydrogen-bond acceptors (Lipinski definition) is 5. The first-order valence-electron chi connectivity index (χ1n) is 10.6. The van der Waals surface area contributed by atoms with Gasteiger partial charge in [-0.25, -0.2) is 9.67 Å². The zero-order valence-corrected chi connectivity index (χ0v) is 18.2. The van der Waals surface area contributed by atoms with Crippen LogP contribution in [-0.4, -0.2) is 27.3 Å². The fourth-order valence-electron chi connectivity index (χ4n) is 3.07. The summed E-state index contributed by atoms with van der Waals surface area (Å²) in [5.74, 6) is 1.70. The number of aromatic nitrogens is 3. The summed E-state index contributed by atoms with van der Waals surface area (Å²) in [6, 6.07) is 20.8. The molecule has 4 rings (SSSR count). The van der Waals surface area contributed by atoms with Crippen LogP contribution in [0.15, 0.2) is 91.4 Å². The minimum atomic E-state index is -0.201. The van der Waals surface area contributed by atoms with Crippen molar-refractivity contribution in [3.63, 3.8) is 0 Å². The Kier molecular flexibility index (Phi) is 7.12. The third kappa shape index (κ3) is 6.30. The molecule has 0 radical (unpaired) electrons. The van der Waals surface area contributed by atoms with Gasteiger partial charge >= 0.3 is 0 Å². The molecule has 166 valence electrons. The minimum absolute atomic E-state index is 0.201. The molecular formula is C26H24N4O3. The first kappa shape index (κ1) is 21.8.